The highest BCUT2D eigenvalue weighted by Gasteiger charge is 2.19. The highest BCUT2D eigenvalue weighted by molar-refractivity contribution is 6.30. The number of nitrogens with one attached hydrogen (secondary N) is 1. The maximum Gasteiger partial charge on any atom is 0.340 e. The molecule has 1 amide bonds. The van der Waals surface area contributed by atoms with Gasteiger partial charge in [0.1, 0.15) is 0 Å². The van der Waals surface area contributed by atoms with Crippen molar-refractivity contribution in [3.8, 4) is 0 Å². The van der Waals surface area contributed by atoms with Gasteiger partial charge >= 0.3 is 5.97 Å². The molecular formula is C19H19ClN2O4. The van der Waals surface area contributed by atoms with Gasteiger partial charge in [-0.15, -0.1) is 0 Å². The lowest BCUT2D eigenvalue weighted by atomic mass is 10.1. The van der Waals surface area contributed by atoms with Crippen LogP contribution in [0.15, 0.2) is 42.5 Å². The Labute approximate surface area is 156 Å². The molecule has 1 fully saturated rings. The van der Waals surface area contributed by atoms with Gasteiger partial charge in [0, 0.05) is 29.4 Å². The largest absolute Gasteiger partial charge is 0.465 e. The van der Waals surface area contributed by atoms with E-state index in [-0.39, 0.29) is 5.91 Å². The Balaban J connectivity index is 1.86. The predicted octanol–water partition coefficient (Wildman–Crippen LogP) is 3.22. The van der Waals surface area contributed by atoms with Gasteiger partial charge in [0.05, 0.1) is 31.6 Å². The number of amides is 1. The number of anilines is 2. The first-order valence-electron chi connectivity index (χ1n) is 8.20. The second kappa shape index (κ2) is 8.21. The van der Waals surface area contributed by atoms with E-state index in [1.54, 1.807) is 36.4 Å². The van der Waals surface area contributed by atoms with Crippen molar-refractivity contribution >= 4 is 34.9 Å². The first-order valence-corrected chi connectivity index (χ1v) is 8.58. The van der Waals surface area contributed by atoms with Crippen LogP contribution in [0.25, 0.3) is 0 Å². The molecule has 6 nitrogen and oxygen atoms in total. The lowest BCUT2D eigenvalue weighted by Gasteiger charge is -2.29. The smallest absolute Gasteiger partial charge is 0.340 e. The van der Waals surface area contributed by atoms with Gasteiger partial charge in [0.25, 0.3) is 5.91 Å². The van der Waals surface area contributed by atoms with Crippen LogP contribution < -0.4 is 10.2 Å². The average molecular weight is 375 g/mol. The molecule has 1 heterocycles. The number of benzene rings is 2. The predicted molar refractivity (Wildman–Crippen MR) is 100 cm³/mol. The van der Waals surface area contributed by atoms with E-state index >= 15 is 0 Å². The number of ether oxygens (including phenoxy) is 2. The van der Waals surface area contributed by atoms with Gasteiger partial charge in [-0.2, -0.15) is 0 Å². The fourth-order valence-corrected chi connectivity index (χ4v) is 2.86. The van der Waals surface area contributed by atoms with Crippen LogP contribution in [0.5, 0.6) is 0 Å². The molecule has 0 unspecified atom stereocenters. The summed E-state index contributed by atoms with van der Waals surface area (Å²) in [5.41, 5.74) is 2.04. The number of hydrogen-bond acceptors (Lipinski definition) is 5. The minimum absolute atomic E-state index is 0.304. The van der Waals surface area contributed by atoms with Gasteiger partial charge in [-0.1, -0.05) is 11.6 Å². The molecule has 0 aliphatic carbocycles. The summed E-state index contributed by atoms with van der Waals surface area (Å²) < 4.78 is 10.2. The monoisotopic (exact) mass is 374 g/mol. The van der Waals surface area contributed by atoms with Gasteiger partial charge in [-0.3, -0.25) is 4.79 Å². The number of nitrogens with zero attached hydrogens (tertiary/aromatic N) is 1. The van der Waals surface area contributed by atoms with Crippen molar-refractivity contribution in [3.05, 3.63) is 58.6 Å². The molecule has 3 rings (SSSR count). The minimum atomic E-state index is -0.508. The fourth-order valence-electron chi connectivity index (χ4n) is 2.73. The lowest BCUT2D eigenvalue weighted by molar-refractivity contribution is 0.0602. The zero-order chi connectivity index (χ0) is 18.5. The molecule has 1 N–H and O–H groups in total. The molecule has 0 atom stereocenters. The van der Waals surface area contributed by atoms with Gasteiger partial charge in [0.2, 0.25) is 0 Å². The maximum atomic E-state index is 12.4. The van der Waals surface area contributed by atoms with Gasteiger partial charge < -0.3 is 19.7 Å². The quantitative estimate of drug-likeness (QED) is 0.832. The standard InChI is InChI=1S/C19H19ClN2O4/c1-25-19(24)16-12-15(22-8-10-26-11-9-22)6-7-17(16)21-18(23)13-2-4-14(20)5-3-13/h2-7,12H,8-11H2,1H3,(H,21,23). The summed E-state index contributed by atoms with van der Waals surface area (Å²) in [5, 5.41) is 3.31. The Morgan fingerprint density at radius 2 is 1.81 bits per heavy atom. The SMILES string of the molecule is COC(=O)c1cc(N2CCOCC2)ccc1NC(=O)c1ccc(Cl)cc1. The Bertz CT molecular complexity index is 802. The number of hydrogen-bond donors (Lipinski definition) is 1. The van der Waals surface area contributed by atoms with E-state index in [9.17, 15) is 9.59 Å². The normalized spacial score (nSPS) is 14.0. The van der Waals surface area contributed by atoms with E-state index in [2.05, 4.69) is 10.2 Å². The van der Waals surface area contributed by atoms with E-state index in [4.69, 9.17) is 21.1 Å². The zero-order valence-corrected chi connectivity index (χ0v) is 15.1. The van der Waals surface area contributed by atoms with Crippen LogP contribution in [-0.2, 0) is 9.47 Å². The second-order valence-electron chi connectivity index (χ2n) is 5.78. The van der Waals surface area contributed by atoms with Crippen molar-refractivity contribution in [1.29, 1.82) is 0 Å². The van der Waals surface area contributed by atoms with Crippen LogP contribution in [0, 0.1) is 0 Å². The highest BCUT2D eigenvalue weighted by Crippen LogP contribution is 2.25. The van der Waals surface area contributed by atoms with E-state index < -0.39 is 5.97 Å². The average Bonchev–Trinajstić information content (AvgIpc) is 2.68. The maximum absolute atomic E-state index is 12.4. The number of halogens is 1. The fraction of sp³-hybridized carbons (Fsp3) is 0.263. The van der Waals surface area contributed by atoms with Gasteiger partial charge in [-0.25, -0.2) is 4.79 Å². The van der Waals surface area contributed by atoms with Crippen molar-refractivity contribution in [2.45, 2.75) is 0 Å². The molecule has 0 aromatic heterocycles. The molecule has 2 aromatic carbocycles. The zero-order valence-electron chi connectivity index (χ0n) is 14.3. The molecule has 2 aromatic rings. The molecule has 0 bridgehead atoms. The third-order valence-electron chi connectivity index (χ3n) is 4.14. The molecule has 1 aliphatic heterocycles. The highest BCUT2D eigenvalue weighted by atomic mass is 35.5. The van der Waals surface area contributed by atoms with Crippen molar-refractivity contribution in [2.24, 2.45) is 0 Å². The van der Waals surface area contributed by atoms with Crippen molar-refractivity contribution in [2.75, 3.05) is 43.6 Å². The summed E-state index contributed by atoms with van der Waals surface area (Å²) in [7, 11) is 1.31. The second-order valence-corrected chi connectivity index (χ2v) is 6.22. The van der Waals surface area contributed by atoms with E-state index in [1.165, 1.54) is 7.11 Å². The molecule has 0 saturated carbocycles. The third kappa shape index (κ3) is 4.15. The van der Waals surface area contributed by atoms with Crippen molar-refractivity contribution in [1.82, 2.24) is 0 Å². The summed E-state index contributed by atoms with van der Waals surface area (Å²) in [6.45, 7) is 2.78. The molecule has 1 aliphatic rings. The summed E-state index contributed by atoms with van der Waals surface area (Å²) in [4.78, 5) is 26.8. The van der Waals surface area contributed by atoms with Gasteiger partial charge in [-0.05, 0) is 42.5 Å². The molecule has 136 valence electrons. The third-order valence-corrected chi connectivity index (χ3v) is 4.39. The Morgan fingerprint density at radius 3 is 2.46 bits per heavy atom. The van der Waals surface area contributed by atoms with Crippen molar-refractivity contribution < 1.29 is 19.1 Å². The van der Waals surface area contributed by atoms with Crippen LogP contribution in [0.1, 0.15) is 20.7 Å². The lowest BCUT2D eigenvalue weighted by Crippen LogP contribution is -2.36. The topological polar surface area (TPSA) is 67.9 Å². The number of methoxy groups -OCH3 is 1. The number of esters is 1. The number of morpholine rings is 1. The van der Waals surface area contributed by atoms with Crippen LogP contribution in [0.4, 0.5) is 11.4 Å². The van der Waals surface area contributed by atoms with E-state index in [0.717, 1.165) is 18.8 Å². The van der Waals surface area contributed by atoms with Crippen LogP contribution in [0.2, 0.25) is 5.02 Å². The number of rotatable bonds is 4. The molecule has 0 spiro atoms. The molecule has 0 radical (unpaired) electrons. The summed E-state index contributed by atoms with van der Waals surface area (Å²) in [6.07, 6.45) is 0. The van der Waals surface area contributed by atoms with Gasteiger partial charge in [0.15, 0.2) is 0 Å². The Hall–Kier alpha value is -2.57. The summed E-state index contributed by atoms with van der Waals surface area (Å²) in [5.74, 6) is -0.836. The molecule has 1 saturated heterocycles. The molecule has 26 heavy (non-hydrogen) atoms. The summed E-state index contributed by atoms with van der Waals surface area (Å²) >= 11 is 5.85. The molecule has 7 heteroatoms. The van der Waals surface area contributed by atoms with E-state index in [0.29, 0.717) is 35.1 Å². The minimum Gasteiger partial charge on any atom is -0.465 e. The van der Waals surface area contributed by atoms with Crippen LogP contribution in [0.3, 0.4) is 0 Å². The number of carbonyl (C=O) groups excluding carboxylic acids is 2. The first kappa shape index (κ1) is 18.2. The summed E-state index contributed by atoms with van der Waals surface area (Å²) in [6, 6.07) is 11.8. The molecular weight excluding hydrogens is 356 g/mol. The Kier molecular flexibility index (Phi) is 5.75. The van der Waals surface area contributed by atoms with E-state index in [1.807, 2.05) is 6.07 Å². The Morgan fingerprint density at radius 1 is 1.12 bits per heavy atom. The van der Waals surface area contributed by atoms with Crippen LogP contribution in [-0.4, -0.2) is 45.3 Å². The van der Waals surface area contributed by atoms with Crippen molar-refractivity contribution in [3.63, 3.8) is 0 Å². The number of carbonyl (C=O) groups is 2. The first-order chi connectivity index (χ1) is 12.6. The van der Waals surface area contributed by atoms with Crippen LogP contribution >= 0.6 is 11.6 Å².